The highest BCUT2D eigenvalue weighted by atomic mass is 16.5. The number of carbonyl (C=O) groups excluding carboxylic acids is 1. The van der Waals surface area contributed by atoms with Gasteiger partial charge in [-0.05, 0) is 35.4 Å². The summed E-state index contributed by atoms with van der Waals surface area (Å²) >= 11 is 0. The number of aliphatic hydroxyl groups is 1. The van der Waals surface area contributed by atoms with E-state index < -0.39 is 6.10 Å². The quantitative estimate of drug-likeness (QED) is 0.618. The van der Waals surface area contributed by atoms with Gasteiger partial charge in [0.2, 0.25) is 5.82 Å². The second kappa shape index (κ2) is 9.01. The van der Waals surface area contributed by atoms with Crippen LogP contribution in [0.4, 0.5) is 0 Å². The topological polar surface area (TPSA) is 98.5 Å². The van der Waals surface area contributed by atoms with Gasteiger partial charge in [0.05, 0.1) is 26.9 Å². The number of carbonyl (C=O) groups is 1. The first-order chi connectivity index (χ1) is 13.6. The number of hydrogen-bond acceptors (Lipinski definition) is 6. The number of nitrogens with zero attached hydrogens (tertiary/aromatic N) is 3. The first-order valence-electron chi connectivity index (χ1n) is 8.71. The molecule has 0 aliphatic heterocycles. The van der Waals surface area contributed by atoms with Crippen LogP contribution in [0.3, 0.4) is 0 Å². The number of hydrogen-bond donors (Lipinski definition) is 2. The van der Waals surface area contributed by atoms with E-state index in [0.717, 1.165) is 16.9 Å². The number of aliphatic hydroxyl groups excluding tert-OH is 1. The van der Waals surface area contributed by atoms with E-state index in [2.05, 4.69) is 15.4 Å². The van der Waals surface area contributed by atoms with Crippen LogP contribution in [0.2, 0.25) is 0 Å². The summed E-state index contributed by atoms with van der Waals surface area (Å²) in [5.74, 6) is 1.14. The fraction of sp³-hybridized carbons (Fsp3) is 0.250. The number of ether oxygens (including phenoxy) is 2. The number of methoxy groups -OCH3 is 2. The van der Waals surface area contributed by atoms with Gasteiger partial charge in [-0.1, -0.05) is 24.3 Å². The number of nitrogens with one attached hydrogen (secondary N) is 1. The molecule has 3 aromatic rings. The third-order valence-corrected chi connectivity index (χ3v) is 4.21. The van der Waals surface area contributed by atoms with Crippen molar-refractivity contribution in [2.45, 2.75) is 19.2 Å². The highest BCUT2D eigenvalue weighted by molar-refractivity contribution is 5.90. The van der Waals surface area contributed by atoms with Gasteiger partial charge in [-0.2, -0.15) is 0 Å². The summed E-state index contributed by atoms with van der Waals surface area (Å²) in [5, 5.41) is 17.2. The fourth-order valence-electron chi connectivity index (χ4n) is 2.60. The largest absolute Gasteiger partial charge is 0.497 e. The van der Waals surface area contributed by atoms with Crippen molar-refractivity contribution in [3.63, 3.8) is 0 Å². The van der Waals surface area contributed by atoms with Crippen molar-refractivity contribution >= 4 is 5.91 Å². The van der Waals surface area contributed by atoms with Crippen molar-refractivity contribution in [1.29, 1.82) is 0 Å². The Morgan fingerprint density at radius 2 is 1.68 bits per heavy atom. The zero-order chi connectivity index (χ0) is 19.9. The van der Waals surface area contributed by atoms with Gasteiger partial charge in [0.15, 0.2) is 0 Å². The lowest BCUT2D eigenvalue weighted by Gasteiger charge is -2.11. The molecular formula is C20H22N4O4. The molecule has 1 heterocycles. The van der Waals surface area contributed by atoms with Gasteiger partial charge in [-0.3, -0.25) is 4.79 Å². The van der Waals surface area contributed by atoms with E-state index in [1.54, 1.807) is 38.5 Å². The minimum Gasteiger partial charge on any atom is -0.497 e. The Kier molecular flexibility index (Phi) is 6.23. The van der Waals surface area contributed by atoms with Crippen LogP contribution in [0.15, 0.2) is 54.9 Å². The van der Waals surface area contributed by atoms with Crippen LogP contribution in [0.1, 0.15) is 27.8 Å². The Morgan fingerprint density at radius 1 is 1.07 bits per heavy atom. The summed E-state index contributed by atoms with van der Waals surface area (Å²) in [7, 11) is 3.19. The van der Waals surface area contributed by atoms with E-state index in [-0.39, 0.29) is 18.3 Å². The van der Waals surface area contributed by atoms with Crippen LogP contribution < -0.4 is 14.8 Å². The average molecular weight is 382 g/mol. The number of rotatable bonds is 8. The van der Waals surface area contributed by atoms with Gasteiger partial charge in [-0.25, -0.2) is 9.67 Å². The van der Waals surface area contributed by atoms with Crippen molar-refractivity contribution in [1.82, 2.24) is 20.1 Å². The summed E-state index contributed by atoms with van der Waals surface area (Å²) in [6.45, 7) is 0.539. The van der Waals surface area contributed by atoms with Crippen molar-refractivity contribution in [2.24, 2.45) is 0 Å². The smallest absolute Gasteiger partial charge is 0.291 e. The van der Waals surface area contributed by atoms with Crippen molar-refractivity contribution in [3.05, 3.63) is 71.8 Å². The second-order valence-electron chi connectivity index (χ2n) is 6.11. The molecular weight excluding hydrogens is 360 g/mol. The lowest BCUT2D eigenvalue weighted by atomic mass is 10.1. The van der Waals surface area contributed by atoms with Gasteiger partial charge in [-0.15, -0.1) is 5.10 Å². The van der Waals surface area contributed by atoms with Crippen molar-refractivity contribution in [2.75, 3.05) is 14.2 Å². The van der Waals surface area contributed by atoms with Crippen LogP contribution >= 0.6 is 0 Å². The first kappa shape index (κ1) is 19.4. The SMILES string of the molecule is COc1ccc(CNC(=O)c2ncn(C[C@@H](O)c3ccc(OC)cc3)n2)cc1. The van der Waals surface area contributed by atoms with E-state index in [9.17, 15) is 9.90 Å². The Labute approximate surface area is 162 Å². The Bertz CT molecular complexity index is 907. The summed E-state index contributed by atoms with van der Waals surface area (Å²) in [5.41, 5.74) is 1.66. The lowest BCUT2D eigenvalue weighted by Crippen LogP contribution is -2.24. The van der Waals surface area contributed by atoms with E-state index in [4.69, 9.17) is 9.47 Å². The Hall–Kier alpha value is -3.39. The zero-order valence-corrected chi connectivity index (χ0v) is 15.7. The van der Waals surface area contributed by atoms with E-state index in [1.807, 2.05) is 24.3 Å². The van der Waals surface area contributed by atoms with Gasteiger partial charge in [0.25, 0.3) is 5.91 Å². The molecule has 0 bridgehead atoms. The lowest BCUT2D eigenvalue weighted by molar-refractivity contribution is 0.0938. The maximum atomic E-state index is 12.2. The summed E-state index contributed by atoms with van der Waals surface area (Å²) in [6.07, 6.45) is 0.650. The maximum absolute atomic E-state index is 12.2. The van der Waals surface area contributed by atoms with Gasteiger partial charge < -0.3 is 19.9 Å². The molecule has 0 saturated carbocycles. The Balaban J connectivity index is 1.55. The molecule has 2 N–H and O–H groups in total. The molecule has 0 spiro atoms. The van der Waals surface area contributed by atoms with Gasteiger partial charge in [0.1, 0.15) is 17.8 Å². The molecule has 3 rings (SSSR count). The summed E-state index contributed by atoms with van der Waals surface area (Å²) in [6, 6.07) is 14.5. The summed E-state index contributed by atoms with van der Waals surface area (Å²) in [4.78, 5) is 16.2. The molecule has 1 amide bonds. The highest BCUT2D eigenvalue weighted by Gasteiger charge is 2.14. The average Bonchev–Trinajstić information content (AvgIpc) is 3.21. The van der Waals surface area contributed by atoms with Crippen molar-refractivity contribution < 1.29 is 19.4 Å². The van der Waals surface area contributed by atoms with E-state index in [1.165, 1.54) is 11.0 Å². The molecule has 0 aliphatic rings. The molecule has 28 heavy (non-hydrogen) atoms. The zero-order valence-electron chi connectivity index (χ0n) is 15.7. The van der Waals surface area contributed by atoms with Crippen LogP contribution in [-0.4, -0.2) is 40.0 Å². The van der Waals surface area contributed by atoms with Crippen LogP contribution in [-0.2, 0) is 13.1 Å². The molecule has 0 radical (unpaired) electrons. The third kappa shape index (κ3) is 4.86. The number of benzene rings is 2. The molecule has 0 unspecified atom stereocenters. The molecule has 0 saturated heterocycles. The maximum Gasteiger partial charge on any atom is 0.291 e. The molecule has 2 aromatic carbocycles. The first-order valence-corrected chi connectivity index (χ1v) is 8.71. The van der Waals surface area contributed by atoms with Crippen LogP contribution in [0.25, 0.3) is 0 Å². The van der Waals surface area contributed by atoms with E-state index in [0.29, 0.717) is 12.3 Å². The minimum absolute atomic E-state index is 0.0513. The monoisotopic (exact) mass is 382 g/mol. The number of aromatic nitrogens is 3. The van der Waals surface area contributed by atoms with Gasteiger partial charge in [0, 0.05) is 6.54 Å². The third-order valence-electron chi connectivity index (χ3n) is 4.21. The molecule has 0 aliphatic carbocycles. The molecule has 8 heteroatoms. The standard InChI is InChI=1S/C20H22N4O4/c1-27-16-7-3-14(4-8-16)11-21-20(26)19-22-13-24(23-19)12-18(25)15-5-9-17(28-2)10-6-15/h3-10,13,18,25H,11-12H2,1-2H3,(H,21,26)/t18-/m1/s1. The van der Waals surface area contributed by atoms with Crippen LogP contribution in [0, 0.1) is 0 Å². The highest BCUT2D eigenvalue weighted by Crippen LogP contribution is 2.18. The molecule has 1 atom stereocenters. The minimum atomic E-state index is -0.775. The van der Waals surface area contributed by atoms with Gasteiger partial charge >= 0.3 is 0 Å². The van der Waals surface area contributed by atoms with Crippen molar-refractivity contribution in [3.8, 4) is 11.5 Å². The second-order valence-corrected chi connectivity index (χ2v) is 6.11. The Morgan fingerprint density at radius 3 is 2.29 bits per heavy atom. The predicted molar refractivity (Wildman–Crippen MR) is 102 cm³/mol. The normalized spacial score (nSPS) is 11.7. The summed E-state index contributed by atoms with van der Waals surface area (Å²) < 4.78 is 11.7. The molecule has 1 aromatic heterocycles. The predicted octanol–water partition coefficient (Wildman–Crippen LogP) is 1.96. The fourth-order valence-corrected chi connectivity index (χ4v) is 2.60. The molecule has 0 fully saturated rings. The van der Waals surface area contributed by atoms with E-state index >= 15 is 0 Å². The molecule has 8 nitrogen and oxygen atoms in total. The molecule has 146 valence electrons. The van der Waals surface area contributed by atoms with Crippen LogP contribution in [0.5, 0.6) is 11.5 Å². The number of amides is 1.